The van der Waals surface area contributed by atoms with Crippen molar-refractivity contribution in [1.82, 2.24) is 15.4 Å². The fraction of sp³-hybridized carbons (Fsp3) is 0.550. The van der Waals surface area contributed by atoms with Crippen LogP contribution in [0.3, 0.4) is 0 Å². The topological polar surface area (TPSA) is 91.0 Å². The predicted molar refractivity (Wildman–Crippen MR) is 101 cm³/mol. The van der Waals surface area contributed by atoms with Gasteiger partial charge in [-0.1, -0.05) is 23.4 Å². The van der Waals surface area contributed by atoms with Crippen LogP contribution in [0.5, 0.6) is 5.75 Å². The first-order valence-corrected chi connectivity index (χ1v) is 9.41. The van der Waals surface area contributed by atoms with Gasteiger partial charge in [0.05, 0.1) is 30.6 Å². The number of phenols is 1. The third-order valence-electron chi connectivity index (χ3n) is 4.75. The Labute approximate surface area is 159 Å². The van der Waals surface area contributed by atoms with Gasteiger partial charge in [-0.15, -0.1) is 0 Å². The lowest BCUT2D eigenvalue weighted by atomic mass is 9.98. The number of aromatic nitrogens is 1. The Balaban J connectivity index is 1.48. The largest absolute Gasteiger partial charge is 0.508 e. The number of hydrogen-bond donors (Lipinski definition) is 3. The SMILES string of the molecule is CN(C)Cc1cc(CC2CCC(O)C(CNCc3ccccc3O)O2)no1. The van der Waals surface area contributed by atoms with Crippen LogP contribution < -0.4 is 5.32 Å². The molecular formula is C20H29N3O4. The zero-order chi connectivity index (χ0) is 19.2. The number of aromatic hydroxyl groups is 1. The summed E-state index contributed by atoms with van der Waals surface area (Å²) in [6.45, 7) is 1.77. The molecule has 1 fully saturated rings. The molecule has 1 aliphatic rings. The van der Waals surface area contributed by atoms with E-state index >= 15 is 0 Å². The Hall–Kier alpha value is -1.93. The van der Waals surface area contributed by atoms with E-state index in [9.17, 15) is 10.2 Å². The minimum atomic E-state index is -0.486. The average Bonchev–Trinajstić information content (AvgIpc) is 3.05. The fourth-order valence-corrected chi connectivity index (χ4v) is 3.36. The number of nitrogens with zero attached hydrogens (tertiary/aromatic N) is 2. The molecule has 2 heterocycles. The number of benzene rings is 1. The summed E-state index contributed by atoms with van der Waals surface area (Å²) in [6.07, 6.45) is 1.44. The van der Waals surface area contributed by atoms with Gasteiger partial charge in [-0.05, 0) is 33.0 Å². The van der Waals surface area contributed by atoms with Crippen LogP contribution in [0, 0.1) is 0 Å². The molecule has 1 aliphatic heterocycles. The van der Waals surface area contributed by atoms with Gasteiger partial charge in [-0.2, -0.15) is 0 Å². The molecule has 0 aliphatic carbocycles. The van der Waals surface area contributed by atoms with Gasteiger partial charge in [-0.3, -0.25) is 0 Å². The second-order valence-corrected chi connectivity index (χ2v) is 7.43. The Bertz CT molecular complexity index is 719. The van der Waals surface area contributed by atoms with Crippen molar-refractivity contribution in [2.24, 2.45) is 0 Å². The van der Waals surface area contributed by atoms with Crippen LogP contribution in [-0.4, -0.2) is 59.2 Å². The van der Waals surface area contributed by atoms with E-state index in [4.69, 9.17) is 9.26 Å². The van der Waals surface area contributed by atoms with Crippen LogP contribution in [0.4, 0.5) is 0 Å². The molecule has 148 valence electrons. The first kappa shape index (κ1) is 19.8. The van der Waals surface area contributed by atoms with Crippen LogP contribution in [-0.2, 0) is 24.2 Å². The van der Waals surface area contributed by atoms with E-state index in [-0.39, 0.29) is 18.0 Å². The summed E-state index contributed by atoms with van der Waals surface area (Å²) in [7, 11) is 3.97. The molecule has 0 bridgehead atoms. The predicted octanol–water partition coefficient (Wildman–Crippen LogP) is 1.68. The molecule has 0 amide bonds. The molecule has 3 N–H and O–H groups in total. The highest BCUT2D eigenvalue weighted by Gasteiger charge is 2.30. The molecule has 3 rings (SSSR count). The van der Waals surface area contributed by atoms with Crippen LogP contribution in [0.2, 0.25) is 0 Å². The van der Waals surface area contributed by atoms with Gasteiger partial charge in [0.1, 0.15) is 5.75 Å². The zero-order valence-electron chi connectivity index (χ0n) is 16.0. The normalized spacial score (nSPS) is 23.0. The van der Waals surface area contributed by atoms with E-state index in [2.05, 4.69) is 10.5 Å². The lowest BCUT2D eigenvalue weighted by molar-refractivity contribution is -0.115. The van der Waals surface area contributed by atoms with Crippen molar-refractivity contribution < 1.29 is 19.5 Å². The Morgan fingerprint density at radius 3 is 2.85 bits per heavy atom. The molecule has 0 radical (unpaired) electrons. The molecule has 1 aromatic heterocycles. The minimum absolute atomic E-state index is 0.0163. The highest BCUT2D eigenvalue weighted by Crippen LogP contribution is 2.23. The number of nitrogens with one attached hydrogen (secondary N) is 1. The van der Waals surface area contributed by atoms with Gasteiger partial charge in [0, 0.05) is 31.1 Å². The summed E-state index contributed by atoms with van der Waals surface area (Å²) in [5.74, 6) is 1.11. The molecule has 0 saturated carbocycles. The summed E-state index contributed by atoms with van der Waals surface area (Å²) >= 11 is 0. The Morgan fingerprint density at radius 2 is 2.07 bits per heavy atom. The number of phenolic OH excluding ortho intramolecular Hbond substituents is 1. The maximum atomic E-state index is 10.3. The molecule has 7 heteroatoms. The maximum absolute atomic E-state index is 10.3. The number of aliphatic hydroxyl groups is 1. The van der Waals surface area contributed by atoms with E-state index in [1.807, 2.05) is 37.2 Å². The van der Waals surface area contributed by atoms with E-state index < -0.39 is 6.10 Å². The van der Waals surface area contributed by atoms with Gasteiger partial charge in [0.2, 0.25) is 0 Å². The summed E-state index contributed by atoms with van der Waals surface area (Å²) < 4.78 is 11.5. The van der Waals surface area contributed by atoms with Crippen molar-refractivity contribution in [3.8, 4) is 5.75 Å². The van der Waals surface area contributed by atoms with Crippen LogP contribution >= 0.6 is 0 Å². The van der Waals surface area contributed by atoms with Gasteiger partial charge < -0.3 is 29.7 Å². The van der Waals surface area contributed by atoms with Crippen molar-refractivity contribution in [3.63, 3.8) is 0 Å². The lowest BCUT2D eigenvalue weighted by Gasteiger charge is -2.34. The van der Waals surface area contributed by atoms with E-state index in [1.165, 1.54) is 0 Å². The quantitative estimate of drug-likeness (QED) is 0.647. The van der Waals surface area contributed by atoms with Crippen molar-refractivity contribution in [2.45, 2.75) is 50.7 Å². The Kier molecular flexibility index (Phi) is 6.84. The molecule has 27 heavy (non-hydrogen) atoms. The van der Waals surface area contributed by atoms with Crippen molar-refractivity contribution in [3.05, 3.63) is 47.3 Å². The lowest BCUT2D eigenvalue weighted by Crippen LogP contribution is -2.45. The van der Waals surface area contributed by atoms with E-state index in [0.29, 0.717) is 25.9 Å². The van der Waals surface area contributed by atoms with Gasteiger partial charge in [-0.25, -0.2) is 0 Å². The molecule has 3 unspecified atom stereocenters. The third kappa shape index (κ3) is 5.77. The second-order valence-electron chi connectivity index (χ2n) is 7.43. The average molecular weight is 375 g/mol. The molecule has 7 nitrogen and oxygen atoms in total. The molecule has 1 aromatic carbocycles. The zero-order valence-corrected chi connectivity index (χ0v) is 16.0. The maximum Gasteiger partial charge on any atom is 0.150 e. The first-order chi connectivity index (χ1) is 13.0. The monoisotopic (exact) mass is 375 g/mol. The van der Waals surface area contributed by atoms with Gasteiger partial charge in [0.15, 0.2) is 5.76 Å². The van der Waals surface area contributed by atoms with Crippen LogP contribution in [0.25, 0.3) is 0 Å². The van der Waals surface area contributed by atoms with Crippen molar-refractivity contribution in [1.29, 1.82) is 0 Å². The number of hydrogen-bond acceptors (Lipinski definition) is 7. The molecule has 3 atom stereocenters. The number of para-hydroxylation sites is 1. The number of ether oxygens (including phenoxy) is 1. The first-order valence-electron chi connectivity index (χ1n) is 9.41. The van der Waals surface area contributed by atoms with Crippen molar-refractivity contribution >= 4 is 0 Å². The highest BCUT2D eigenvalue weighted by molar-refractivity contribution is 5.31. The number of rotatable bonds is 8. The standard InChI is InChI=1S/C20H29N3O4/c1-23(2)13-17-10-15(22-27-17)9-16-7-8-19(25)20(26-16)12-21-11-14-5-3-4-6-18(14)24/h3-6,10,16,19-21,24-25H,7-9,11-13H2,1-2H3. The summed E-state index contributed by atoms with van der Waals surface area (Å²) in [5.41, 5.74) is 1.71. The smallest absolute Gasteiger partial charge is 0.150 e. The van der Waals surface area contributed by atoms with E-state index in [0.717, 1.165) is 30.0 Å². The molecular weight excluding hydrogens is 346 g/mol. The molecule has 0 spiro atoms. The van der Waals surface area contributed by atoms with Crippen LogP contribution in [0.15, 0.2) is 34.9 Å². The third-order valence-corrected chi connectivity index (χ3v) is 4.75. The minimum Gasteiger partial charge on any atom is -0.508 e. The fourth-order valence-electron chi connectivity index (χ4n) is 3.36. The Morgan fingerprint density at radius 1 is 1.26 bits per heavy atom. The van der Waals surface area contributed by atoms with Gasteiger partial charge in [0.25, 0.3) is 0 Å². The van der Waals surface area contributed by atoms with Crippen molar-refractivity contribution in [2.75, 3.05) is 20.6 Å². The summed E-state index contributed by atoms with van der Waals surface area (Å²) in [6, 6.07) is 9.20. The molecule has 2 aromatic rings. The summed E-state index contributed by atoms with van der Waals surface area (Å²) in [5, 5.41) is 27.5. The number of aliphatic hydroxyl groups excluding tert-OH is 1. The van der Waals surface area contributed by atoms with Crippen LogP contribution in [0.1, 0.15) is 29.9 Å². The summed E-state index contributed by atoms with van der Waals surface area (Å²) in [4.78, 5) is 2.03. The van der Waals surface area contributed by atoms with E-state index in [1.54, 1.807) is 12.1 Å². The molecule has 1 saturated heterocycles. The highest BCUT2D eigenvalue weighted by atomic mass is 16.5. The second kappa shape index (κ2) is 9.32. The van der Waals surface area contributed by atoms with Gasteiger partial charge >= 0.3 is 0 Å².